The highest BCUT2D eigenvalue weighted by atomic mass is 35.5. The van der Waals surface area contributed by atoms with Gasteiger partial charge in [0.05, 0.1) is 12.8 Å². The first kappa shape index (κ1) is 14.8. The van der Waals surface area contributed by atoms with Crippen LogP contribution < -0.4 is 10.6 Å². The zero-order chi connectivity index (χ0) is 14.8. The molecule has 2 heterocycles. The Morgan fingerprint density at radius 3 is 2.80 bits per heavy atom. The lowest BCUT2D eigenvalue weighted by Gasteiger charge is -2.39. The number of piperidine rings is 1. The van der Waals surface area contributed by atoms with Gasteiger partial charge in [-0.15, -0.1) is 0 Å². The molecule has 0 unspecified atom stereocenters. The van der Waals surface area contributed by atoms with Gasteiger partial charge in [0.15, 0.2) is 5.82 Å². The molecule has 20 heavy (non-hydrogen) atoms. The average molecular weight is 301 g/mol. The molecular formula is C12H17ClN4O3. The molecule has 0 aromatic carbocycles. The summed E-state index contributed by atoms with van der Waals surface area (Å²) in [5.41, 5.74) is 4.99. The van der Waals surface area contributed by atoms with Gasteiger partial charge in [-0.3, -0.25) is 4.98 Å². The second-order valence-electron chi connectivity index (χ2n) is 4.98. The van der Waals surface area contributed by atoms with Gasteiger partial charge in [-0.2, -0.15) is 0 Å². The molecule has 0 aliphatic carbocycles. The minimum Gasteiger partial charge on any atom is -0.443 e. The fourth-order valence-electron chi connectivity index (χ4n) is 2.28. The van der Waals surface area contributed by atoms with Gasteiger partial charge in [-0.25, -0.2) is 9.78 Å². The lowest BCUT2D eigenvalue weighted by Crippen LogP contribution is -2.46. The largest absolute Gasteiger partial charge is 0.443 e. The van der Waals surface area contributed by atoms with E-state index in [-0.39, 0.29) is 11.8 Å². The molecule has 1 aromatic rings. The van der Waals surface area contributed by atoms with Gasteiger partial charge < -0.3 is 20.5 Å². The van der Waals surface area contributed by atoms with Crippen molar-refractivity contribution >= 4 is 23.5 Å². The second kappa shape index (κ2) is 5.80. The minimum absolute atomic E-state index is 0.203. The predicted octanol–water partition coefficient (Wildman–Crippen LogP) is 1.08. The highest BCUT2D eigenvalue weighted by Crippen LogP contribution is 2.29. The fourth-order valence-corrected chi connectivity index (χ4v) is 2.41. The SMILES string of the molecule is CC1(OC(N)=O)CCN(c2nc(Cl)cnc2CO)CC1. The lowest BCUT2D eigenvalue weighted by molar-refractivity contribution is 0.0126. The molecule has 1 aliphatic rings. The Bertz CT molecular complexity index is 503. The van der Waals surface area contributed by atoms with Crippen molar-refractivity contribution in [2.24, 2.45) is 5.73 Å². The molecule has 1 fully saturated rings. The molecule has 0 spiro atoms. The predicted molar refractivity (Wildman–Crippen MR) is 73.5 cm³/mol. The second-order valence-corrected chi connectivity index (χ2v) is 5.37. The number of aliphatic hydroxyl groups excluding tert-OH is 1. The maximum absolute atomic E-state index is 10.9. The minimum atomic E-state index is -0.764. The van der Waals surface area contributed by atoms with Crippen LogP contribution in [0.15, 0.2) is 6.20 Å². The molecule has 0 bridgehead atoms. The van der Waals surface area contributed by atoms with Crippen LogP contribution in [0.4, 0.5) is 10.6 Å². The Morgan fingerprint density at radius 1 is 1.60 bits per heavy atom. The number of nitrogens with zero attached hydrogens (tertiary/aromatic N) is 3. The smallest absolute Gasteiger partial charge is 0.405 e. The Labute approximate surface area is 121 Å². The number of hydrogen-bond donors (Lipinski definition) is 2. The van der Waals surface area contributed by atoms with E-state index in [0.717, 1.165) is 0 Å². The number of aliphatic hydroxyl groups is 1. The third kappa shape index (κ3) is 3.29. The third-order valence-corrected chi connectivity index (χ3v) is 3.60. The van der Waals surface area contributed by atoms with E-state index in [1.54, 1.807) is 0 Å². The molecule has 2 rings (SSSR count). The Hall–Kier alpha value is -1.60. The van der Waals surface area contributed by atoms with Crippen LogP contribution in [-0.4, -0.2) is 39.9 Å². The summed E-state index contributed by atoms with van der Waals surface area (Å²) in [7, 11) is 0. The topological polar surface area (TPSA) is 102 Å². The normalized spacial score (nSPS) is 17.9. The number of aromatic nitrogens is 2. The summed E-state index contributed by atoms with van der Waals surface area (Å²) in [5.74, 6) is 0.570. The van der Waals surface area contributed by atoms with Crippen LogP contribution in [0.3, 0.4) is 0 Å². The van der Waals surface area contributed by atoms with Crippen LogP contribution >= 0.6 is 11.6 Å². The standard InChI is InChI=1S/C12H17ClN4O3/c1-12(20-11(14)19)2-4-17(5-3-12)10-8(7-18)15-6-9(13)16-10/h6,18H,2-5,7H2,1H3,(H2,14,19). The van der Waals surface area contributed by atoms with Gasteiger partial charge in [0.25, 0.3) is 0 Å². The van der Waals surface area contributed by atoms with E-state index in [9.17, 15) is 9.90 Å². The summed E-state index contributed by atoms with van der Waals surface area (Å²) in [6, 6.07) is 0. The summed E-state index contributed by atoms with van der Waals surface area (Å²) in [6.07, 6.45) is 1.88. The van der Waals surface area contributed by atoms with Crippen molar-refractivity contribution in [2.75, 3.05) is 18.0 Å². The van der Waals surface area contributed by atoms with Crippen LogP contribution in [0.1, 0.15) is 25.5 Å². The molecule has 1 amide bonds. The number of halogens is 1. The van der Waals surface area contributed by atoms with E-state index in [2.05, 4.69) is 9.97 Å². The van der Waals surface area contributed by atoms with Gasteiger partial charge >= 0.3 is 6.09 Å². The zero-order valence-electron chi connectivity index (χ0n) is 11.2. The van der Waals surface area contributed by atoms with E-state index in [1.807, 2.05) is 11.8 Å². The van der Waals surface area contributed by atoms with Gasteiger partial charge in [0, 0.05) is 25.9 Å². The molecule has 0 radical (unpaired) electrons. The van der Waals surface area contributed by atoms with Gasteiger partial charge in [0.1, 0.15) is 16.4 Å². The quantitative estimate of drug-likeness (QED) is 0.866. The van der Waals surface area contributed by atoms with Crippen molar-refractivity contribution < 1.29 is 14.6 Å². The third-order valence-electron chi connectivity index (χ3n) is 3.42. The van der Waals surface area contributed by atoms with Crippen molar-refractivity contribution in [3.63, 3.8) is 0 Å². The van der Waals surface area contributed by atoms with Crippen molar-refractivity contribution in [2.45, 2.75) is 32.0 Å². The molecule has 7 nitrogen and oxygen atoms in total. The van der Waals surface area contributed by atoms with E-state index in [0.29, 0.717) is 37.4 Å². The molecule has 0 saturated carbocycles. The molecule has 8 heteroatoms. The van der Waals surface area contributed by atoms with E-state index >= 15 is 0 Å². The Kier molecular flexibility index (Phi) is 4.29. The maximum atomic E-state index is 10.9. The molecule has 1 aliphatic heterocycles. The van der Waals surface area contributed by atoms with Crippen LogP contribution in [-0.2, 0) is 11.3 Å². The average Bonchev–Trinajstić information content (AvgIpc) is 2.38. The van der Waals surface area contributed by atoms with Gasteiger partial charge in [0.2, 0.25) is 0 Å². The number of nitrogens with two attached hydrogens (primary N) is 1. The summed E-state index contributed by atoms with van der Waals surface area (Å²) in [5, 5.41) is 9.58. The van der Waals surface area contributed by atoms with E-state index < -0.39 is 11.7 Å². The number of carbonyl (C=O) groups is 1. The molecule has 3 N–H and O–H groups in total. The lowest BCUT2D eigenvalue weighted by atomic mass is 9.93. The van der Waals surface area contributed by atoms with Crippen molar-refractivity contribution in [1.29, 1.82) is 0 Å². The molecular weight excluding hydrogens is 284 g/mol. The number of primary amides is 1. The molecule has 0 atom stereocenters. The van der Waals surface area contributed by atoms with E-state index in [4.69, 9.17) is 22.1 Å². The monoisotopic (exact) mass is 300 g/mol. The number of hydrogen-bond acceptors (Lipinski definition) is 6. The summed E-state index contributed by atoms with van der Waals surface area (Å²) < 4.78 is 5.14. The Balaban J connectivity index is 2.11. The van der Waals surface area contributed by atoms with Crippen molar-refractivity contribution in [3.8, 4) is 0 Å². The fraction of sp³-hybridized carbons (Fsp3) is 0.583. The zero-order valence-corrected chi connectivity index (χ0v) is 11.9. The molecule has 1 aromatic heterocycles. The van der Waals surface area contributed by atoms with Crippen LogP contribution in [0.5, 0.6) is 0 Å². The first-order chi connectivity index (χ1) is 9.43. The number of rotatable bonds is 3. The first-order valence-corrected chi connectivity index (χ1v) is 6.67. The van der Waals surface area contributed by atoms with Gasteiger partial charge in [-0.1, -0.05) is 11.6 Å². The summed E-state index contributed by atoms with van der Waals surface area (Å²) >= 11 is 5.85. The Morgan fingerprint density at radius 2 is 2.25 bits per heavy atom. The number of anilines is 1. The van der Waals surface area contributed by atoms with E-state index in [1.165, 1.54) is 6.20 Å². The maximum Gasteiger partial charge on any atom is 0.405 e. The van der Waals surface area contributed by atoms with Crippen LogP contribution in [0.25, 0.3) is 0 Å². The molecule has 110 valence electrons. The molecule has 1 saturated heterocycles. The van der Waals surface area contributed by atoms with Crippen molar-refractivity contribution in [1.82, 2.24) is 9.97 Å². The number of carbonyl (C=O) groups excluding carboxylic acids is 1. The highest BCUT2D eigenvalue weighted by molar-refractivity contribution is 6.29. The van der Waals surface area contributed by atoms with Crippen molar-refractivity contribution in [3.05, 3.63) is 17.0 Å². The van der Waals surface area contributed by atoms with Crippen LogP contribution in [0.2, 0.25) is 5.15 Å². The summed E-state index contributed by atoms with van der Waals surface area (Å²) in [6.45, 7) is 2.88. The van der Waals surface area contributed by atoms with Crippen LogP contribution in [0, 0.1) is 0 Å². The van der Waals surface area contributed by atoms with Gasteiger partial charge in [-0.05, 0) is 6.92 Å². The highest BCUT2D eigenvalue weighted by Gasteiger charge is 2.34. The summed E-state index contributed by atoms with van der Waals surface area (Å²) in [4.78, 5) is 21.1. The first-order valence-electron chi connectivity index (χ1n) is 6.29. The number of ether oxygens (including phenoxy) is 1. The number of amides is 1.